The molecule has 9 heteroatoms. The number of anilines is 2. The Morgan fingerprint density at radius 2 is 1.82 bits per heavy atom. The van der Waals surface area contributed by atoms with Crippen molar-refractivity contribution in [1.29, 1.82) is 0 Å². The Morgan fingerprint density at radius 1 is 0.970 bits per heavy atom. The first-order valence-electron chi connectivity index (χ1n) is 10.6. The van der Waals surface area contributed by atoms with Crippen molar-refractivity contribution in [1.82, 2.24) is 15.0 Å². The Kier molecular flexibility index (Phi) is 5.63. The number of aromatic nitrogens is 3. The zero-order chi connectivity index (χ0) is 22.8. The number of fused-ring (bicyclic) bond motifs is 1. The normalized spacial score (nSPS) is 15.5. The highest BCUT2D eigenvalue weighted by Gasteiger charge is 2.22. The van der Waals surface area contributed by atoms with Gasteiger partial charge in [0.05, 0.1) is 17.0 Å². The number of nitrogens with zero attached hydrogens (tertiary/aromatic N) is 4. The third kappa shape index (κ3) is 4.63. The van der Waals surface area contributed by atoms with E-state index in [9.17, 15) is 8.42 Å². The maximum atomic E-state index is 15.2. The highest BCUT2D eigenvalue weighted by molar-refractivity contribution is 7.91. The molecule has 0 saturated carbocycles. The van der Waals surface area contributed by atoms with Crippen LogP contribution in [0.15, 0.2) is 67.1 Å². The first kappa shape index (κ1) is 21.3. The molecule has 1 aromatic carbocycles. The van der Waals surface area contributed by atoms with E-state index in [2.05, 4.69) is 20.3 Å². The van der Waals surface area contributed by atoms with Crippen molar-refractivity contribution in [2.24, 2.45) is 0 Å². The molecule has 1 aliphatic heterocycles. The molecule has 1 N–H and O–H groups in total. The second-order valence-electron chi connectivity index (χ2n) is 7.95. The first-order valence-corrected chi connectivity index (χ1v) is 12.4. The van der Waals surface area contributed by atoms with Crippen LogP contribution in [0.5, 0.6) is 0 Å². The van der Waals surface area contributed by atoms with Gasteiger partial charge in [-0.1, -0.05) is 18.2 Å². The van der Waals surface area contributed by atoms with Crippen LogP contribution in [-0.2, 0) is 16.4 Å². The predicted octanol–water partition coefficient (Wildman–Crippen LogP) is 3.68. The molecule has 1 aliphatic rings. The van der Waals surface area contributed by atoms with Gasteiger partial charge in [0.2, 0.25) is 0 Å². The monoisotopic (exact) mass is 463 g/mol. The van der Waals surface area contributed by atoms with E-state index in [1.165, 1.54) is 0 Å². The van der Waals surface area contributed by atoms with Gasteiger partial charge >= 0.3 is 0 Å². The molecule has 168 valence electrons. The fourth-order valence-corrected chi connectivity index (χ4v) is 5.07. The van der Waals surface area contributed by atoms with Crippen molar-refractivity contribution >= 4 is 32.4 Å². The Morgan fingerprint density at radius 3 is 2.61 bits per heavy atom. The van der Waals surface area contributed by atoms with Gasteiger partial charge in [-0.25, -0.2) is 22.8 Å². The molecule has 0 spiro atoms. The molecule has 0 unspecified atom stereocenters. The topological polar surface area (TPSA) is 88.1 Å². The number of pyridine rings is 3. The van der Waals surface area contributed by atoms with Gasteiger partial charge in [-0.15, -0.1) is 0 Å². The van der Waals surface area contributed by atoms with E-state index in [0.29, 0.717) is 25.2 Å². The van der Waals surface area contributed by atoms with Crippen molar-refractivity contribution in [3.05, 3.63) is 78.5 Å². The second kappa shape index (κ2) is 8.74. The van der Waals surface area contributed by atoms with Crippen molar-refractivity contribution < 1.29 is 12.8 Å². The summed E-state index contributed by atoms with van der Waals surface area (Å²) in [6.07, 6.45) is 5.03. The van der Waals surface area contributed by atoms with Crippen LogP contribution in [0.2, 0.25) is 0 Å². The molecule has 0 aliphatic carbocycles. The Labute approximate surface area is 191 Å². The molecule has 0 atom stereocenters. The maximum absolute atomic E-state index is 15.2. The molecule has 5 rings (SSSR count). The summed E-state index contributed by atoms with van der Waals surface area (Å²) in [5.74, 6) is 0.787. The molecule has 0 bridgehead atoms. The van der Waals surface area contributed by atoms with Crippen LogP contribution >= 0.6 is 0 Å². The summed E-state index contributed by atoms with van der Waals surface area (Å²) in [4.78, 5) is 14.9. The number of nitrogens with one attached hydrogen (secondary N) is 1. The van der Waals surface area contributed by atoms with Crippen LogP contribution in [0.25, 0.3) is 22.0 Å². The lowest BCUT2D eigenvalue weighted by Crippen LogP contribution is -2.40. The molecule has 7 nitrogen and oxygen atoms in total. The third-order valence-corrected chi connectivity index (χ3v) is 7.35. The Bertz CT molecular complexity index is 1400. The zero-order valence-corrected chi connectivity index (χ0v) is 18.6. The molecule has 1 saturated heterocycles. The zero-order valence-electron chi connectivity index (χ0n) is 17.8. The van der Waals surface area contributed by atoms with Crippen molar-refractivity contribution in [3.63, 3.8) is 0 Å². The summed E-state index contributed by atoms with van der Waals surface area (Å²) in [5.41, 5.74) is 2.95. The van der Waals surface area contributed by atoms with Crippen molar-refractivity contribution in [2.75, 3.05) is 34.8 Å². The average Bonchev–Trinajstić information content (AvgIpc) is 2.83. The molecule has 4 aromatic rings. The van der Waals surface area contributed by atoms with E-state index >= 15 is 4.39 Å². The smallest absolute Gasteiger partial charge is 0.173 e. The lowest BCUT2D eigenvalue weighted by atomic mass is 10.0. The summed E-state index contributed by atoms with van der Waals surface area (Å²) < 4.78 is 38.4. The number of hydrogen-bond acceptors (Lipinski definition) is 7. The van der Waals surface area contributed by atoms with Crippen molar-refractivity contribution in [2.45, 2.75) is 6.54 Å². The highest BCUT2D eigenvalue weighted by Crippen LogP contribution is 2.28. The predicted molar refractivity (Wildman–Crippen MR) is 127 cm³/mol. The van der Waals surface area contributed by atoms with Crippen molar-refractivity contribution in [3.8, 4) is 11.1 Å². The quantitative estimate of drug-likeness (QED) is 0.483. The molecule has 3 aromatic heterocycles. The molecule has 0 radical (unpaired) electrons. The molecular weight excluding hydrogens is 441 g/mol. The molecule has 1 fully saturated rings. The molecule has 33 heavy (non-hydrogen) atoms. The van der Waals surface area contributed by atoms with Gasteiger partial charge in [-0.3, -0.25) is 4.98 Å². The molecule has 4 heterocycles. The van der Waals surface area contributed by atoms with E-state index in [-0.39, 0.29) is 17.3 Å². The van der Waals surface area contributed by atoms with Crippen LogP contribution in [0.4, 0.5) is 16.0 Å². The van der Waals surface area contributed by atoms with Crippen LogP contribution in [0.1, 0.15) is 5.56 Å². The Balaban J connectivity index is 1.29. The standard InChI is InChI=1S/C24H22FN5O2S/c25-23-20(18-4-5-21-19(14-18)2-1-8-26-21)7-9-27-24(23)29-16-17-3-6-22(28-15-17)30-10-12-33(31,32)13-11-30/h1-9,14-15H,10-13,16H2,(H,27,29). The summed E-state index contributed by atoms with van der Waals surface area (Å²) in [6.45, 7) is 1.25. The van der Waals surface area contributed by atoms with Crippen LogP contribution in [-0.4, -0.2) is 48.0 Å². The lowest BCUT2D eigenvalue weighted by Gasteiger charge is -2.27. The minimum atomic E-state index is -2.93. The summed E-state index contributed by atoms with van der Waals surface area (Å²) >= 11 is 0. The summed E-state index contributed by atoms with van der Waals surface area (Å²) in [6, 6.07) is 14.9. The van der Waals surface area contributed by atoms with Gasteiger partial charge in [0.15, 0.2) is 21.5 Å². The van der Waals surface area contributed by atoms with Crippen LogP contribution in [0.3, 0.4) is 0 Å². The fraction of sp³-hybridized carbons (Fsp3) is 0.208. The van der Waals surface area contributed by atoms with Crippen LogP contribution in [0, 0.1) is 5.82 Å². The van der Waals surface area contributed by atoms with E-state index in [1.54, 1.807) is 24.7 Å². The average molecular weight is 464 g/mol. The number of halogens is 1. The van der Waals surface area contributed by atoms with E-state index < -0.39 is 15.7 Å². The summed E-state index contributed by atoms with van der Waals surface area (Å²) in [7, 11) is -2.93. The van der Waals surface area contributed by atoms with Gasteiger partial charge in [0.25, 0.3) is 0 Å². The van der Waals surface area contributed by atoms with Gasteiger partial charge in [0, 0.05) is 49.2 Å². The highest BCUT2D eigenvalue weighted by atomic mass is 32.2. The number of benzene rings is 1. The van der Waals surface area contributed by atoms with Gasteiger partial charge in [0.1, 0.15) is 5.82 Å². The van der Waals surface area contributed by atoms with Gasteiger partial charge in [-0.05, 0) is 41.5 Å². The molecular formula is C24H22FN5O2S. The minimum Gasteiger partial charge on any atom is -0.363 e. The largest absolute Gasteiger partial charge is 0.363 e. The van der Waals surface area contributed by atoms with Crippen LogP contribution < -0.4 is 10.2 Å². The fourth-order valence-electron chi connectivity index (χ4n) is 3.87. The number of hydrogen-bond donors (Lipinski definition) is 1. The van der Waals surface area contributed by atoms with E-state index in [0.717, 1.165) is 27.8 Å². The summed E-state index contributed by atoms with van der Waals surface area (Å²) in [5, 5.41) is 4.00. The maximum Gasteiger partial charge on any atom is 0.173 e. The van der Waals surface area contributed by atoms with Gasteiger partial charge < -0.3 is 10.2 Å². The SMILES string of the molecule is O=S1(=O)CCN(c2ccc(CNc3nccc(-c4ccc5ncccc5c4)c3F)cn2)CC1. The van der Waals surface area contributed by atoms with Gasteiger partial charge in [-0.2, -0.15) is 0 Å². The number of rotatable bonds is 5. The molecule has 0 amide bonds. The minimum absolute atomic E-state index is 0.146. The second-order valence-corrected chi connectivity index (χ2v) is 10.3. The van der Waals surface area contributed by atoms with E-state index in [1.807, 2.05) is 47.4 Å². The number of sulfone groups is 1. The third-order valence-electron chi connectivity index (χ3n) is 5.74. The first-order chi connectivity index (χ1) is 16.0. The Hall–Kier alpha value is -3.59. The van der Waals surface area contributed by atoms with E-state index in [4.69, 9.17) is 0 Å². The lowest BCUT2D eigenvalue weighted by molar-refractivity contribution is 0.586.